The maximum absolute atomic E-state index is 13.2. The van der Waals surface area contributed by atoms with Gasteiger partial charge in [-0.05, 0) is 37.3 Å². The maximum atomic E-state index is 13.2. The van der Waals surface area contributed by atoms with Crippen molar-refractivity contribution in [3.05, 3.63) is 71.2 Å². The molecule has 9 nitrogen and oxygen atoms in total. The zero-order valence-electron chi connectivity index (χ0n) is 19.9. The number of nitrogens with one attached hydrogen (secondary N) is 1. The molecule has 3 aliphatic heterocycles. The molecule has 188 valence electrons. The van der Waals surface area contributed by atoms with Crippen molar-refractivity contribution < 1.29 is 28.2 Å². The van der Waals surface area contributed by atoms with Crippen molar-refractivity contribution in [3.63, 3.8) is 0 Å². The molecule has 0 radical (unpaired) electrons. The maximum Gasteiger partial charge on any atom is 0.338 e. The van der Waals surface area contributed by atoms with E-state index in [0.717, 1.165) is 5.69 Å². The smallest absolute Gasteiger partial charge is 0.338 e. The summed E-state index contributed by atoms with van der Waals surface area (Å²) >= 11 is 0. The molecule has 1 atom stereocenters. The van der Waals surface area contributed by atoms with Gasteiger partial charge in [0.2, 0.25) is 5.91 Å². The van der Waals surface area contributed by atoms with E-state index < -0.39 is 18.0 Å². The second kappa shape index (κ2) is 9.88. The highest BCUT2D eigenvalue weighted by molar-refractivity contribution is 5.98. The van der Waals surface area contributed by atoms with Crippen LogP contribution in [0.4, 0.5) is 14.9 Å². The Hall–Kier alpha value is -4.08. The minimum atomic E-state index is -0.726. The van der Waals surface area contributed by atoms with Gasteiger partial charge in [-0.25, -0.2) is 14.0 Å². The highest BCUT2D eigenvalue weighted by atomic mass is 19.1. The lowest BCUT2D eigenvalue weighted by molar-refractivity contribution is -0.136. The number of benzene rings is 2. The standard InChI is InChI=1S/C26H27FN4O5/c1-2-35-21-6-4-3-5-19(21)24-23-20(16-36-25(23)33)31(26(34)28-24)15-22(32)30-13-11-29(12-14-30)18-9-7-17(27)8-10-18/h3-10,24H,2,11-16H2,1H3,(H,28,34). The van der Waals surface area contributed by atoms with Gasteiger partial charge in [0.05, 0.1) is 23.9 Å². The molecule has 36 heavy (non-hydrogen) atoms. The van der Waals surface area contributed by atoms with Crippen LogP contribution in [-0.2, 0) is 14.3 Å². The molecule has 0 aromatic heterocycles. The lowest BCUT2D eigenvalue weighted by atomic mass is 9.95. The zero-order chi connectivity index (χ0) is 25.2. The molecule has 1 saturated heterocycles. The number of halogens is 1. The van der Waals surface area contributed by atoms with Gasteiger partial charge in [0.15, 0.2) is 0 Å². The summed E-state index contributed by atoms with van der Waals surface area (Å²) in [6.07, 6.45) is 0. The Morgan fingerprint density at radius 3 is 2.53 bits per heavy atom. The Kier molecular flexibility index (Phi) is 6.49. The third-order valence-electron chi connectivity index (χ3n) is 6.65. The number of carbonyl (C=O) groups excluding carboxylic acids is 3. The van der Waals surface area contributed by atoms with E-state index in [1.54, 1.807) is 29.2 Å². The summed E-state index contributed by atoms with van der Waals surface area (Å²) in [5, 5.41) is 2.86. The van der Waals surface area contributed by atoms with E-state index in [1.165, 1.54) is 17.0 Å². The van der Waals surface area contributed by atoms with Crippen LogP contribution in [0.5, 0.6) is 5.75 Å². The quantitative estimate of drug-likeness (QED) is 0.621. The normalized spacial score (nSPS) is 19.7. The molecule has 0 bridgehead atoms. The van der Waals surface area contributed by atoms with Gasteiger partial charge < -0.3 is 24.6 Å². The minimum Gasteiger partial charge on any atom is -0.494 e. The first-order chi connectivity index (χ1) is 17.5. The summed E-state index contributed by atoms with van der Waals surface area (Å²) in [5.41, 5.74) is 2.27. The number of hydrogen-bond acceptors (Lipinski definition) is 6. The van der Waals surface area contributed by atoms with Crippen LogP contribution in [0.3, 0.4) is 0 Å². The molecule has 1 unspecified atom stereocenters. The largest absolute Gasteiger partial charge is 0.494 e. The fourth-order valence-corrected chi connectivity index (χ4v) is 4.82. The van der Waals surface area contributed by atoms with E-state index >= 15 is 0 Å². The van der Waals surface area contributed by atoms with Crippen LogP contribution in [0, 0.1) is 5.82 Å². The Balaban J connectivity index is 1.31. The topological polar surface area (TPSA) is 91.4 Å². The van der Waals surface area contributed by atoms with Crippen molar-refractivity contribution in [2.75, 3.05) is 50.8 Å². The molecule has 10 heteroatoms. The van der Waals surface area contributed by atoms with Crippen molar-refractivity contribution >= 4 is 23.6 Å². The first-order valence-corrected chi connectivity index (χ1v) is 11.9. The van der Waals surface area contributed by atoms with E-state index in [1.807, 2.05) is 19.1 Å². The van der Waals surface area contributed by atoms with Gasteiger partial charge in [-0.3, -0.25) is 9.69 Å². The molecule has 2 aromatic rings. The molecule has 1 fully saturated rings. The van der Waals surface area contributed by atoms with Crippen molar-refractivity contribution in [1.82, 2.24) is 15.1 Å². The summed E-state index contributed by atoms with van der Waals surface area (Å²) in [4.78, 5) is 44.0. The van der Waals surface area contributed by atoms with Crippen LogP contribution >= 0.6 is 0 Å². The Labute approximate surface area is 208 Å². The molecule has 5 rings (SSSR count). The fourth-order valence-electron chi connectivity index (χ4n) is 4.82. The molecule has 0 aliphatic carbocycles. The second-order valence-electron chi connectivity index (χ2n) is 8.72. The average molecular weight is 495 g/mol. The Bertz CT molecular complexity index is 1210. The predicted molar refractivity (Wildman–Crippen MR) is 129 cm³/mol. The first-order valence-electron chi connectivity index (χ1n) is 11.9. The molecule has 0 saturated carbocycles. The van der Waals surface area contributed by atoms with Gasteiger partial charge in [-0.2, -0.15) is 0 Å². The van der Waals surface area contributed by atoms with Gasteiger partial charge >= 0.3 is 12.0 Å². The van der Waals surface area contributed by atoms with Crippen molar-refractivity contribution in [2.24, 2.45) is 0 Å². The van der Waals surface area contributed by atoms with Crippen molar-refractivity contribution in [3.8, 4) is 5.75 Å². The number of cyclic esters (lactones) is 1. The number of anilines is 1. The third-order valence-corrected chi connectivity index (χ3v) is 6.65. The minimum absolute atomic E-state index is 0.0689. The van der Waals surface area contributed by atoms with E-state index in [-0.39, 0.29) is 24.9 Å². The highest BCUT2D eigenvalue weighted by Crippen LogP contribution is 2.38. The monoisotopic (exact) mass is 494 g/mol. The highest BCUT2D eigenvalue weighted by Gasteiger charge is 2.44. The van der Waals surface area contributed by atoms with Gasteiger partial charge in [-0.1, -0.05) is 18.2 Å². The summed E-state index contributed by atoms with van der Waals surface area (Å²) in [6.45, 7) is 4.15. The number of piperazine rings is 1. The summed E-state index contributed by atoms with van der Waals surface area (Å²) < 4.78 is 24.2. The third kappa shape index (κ3) is 4.46. The zero-order valence-corrected chi connectivity index (χ0v) is 19.9. The lowest BCUT2D eigenvalue weighted by Gasteiger charge is -2.38. The number of nitrogens with zero attached hydrogens (tertiary/aromatic N) is 3. The molecule has 1 N–H and O–H groups in total. The summed E-state index contributed by atoms with van der Waals surface area (Å²) in [7, 11) is 0. The van der Waals surface area contributed by atoms with Crippen LogP contribution in [0.1, 0.15) is 18.5 Å². The van der Waals surface area contributed by atoms with Crippen LogP contribution in [-0.4, -0.2) is 73.6 Å². The molecule has 3 heterocycles. The van der Waals surface area contributed by atoms with E-state index in [2.05, 4.69) is 10.2 Å². The van der Waals surface area contributed by atoms with E-state index in [9.17, 15) is 18.8 Å². The molecule has 3 aliphatic rings. The first kappa shape index (κ1) is 23.7. The summed E-state index contributed by atoms with van der Waals surface area (Å²) in [6, 6.07) is 12.3. The molecule has 2 aromatic carbocycles. The van der Waals surface area contributed by atoms with Crippen LogP contribution in [0.15, 0.2) is 59.8 Å². The number of rotatable bonds is 6. The van der Waals surface area contributed by atoms with Crippen LogP contribution < -0.4 is 15.0 Å². The van der Waals surface area contributed by atoms with Gasteiger partial charge in [0.25, 0.3) is 0 Å². The van der Waals surface area contributed by atoms with E-state index in [4.69, 9.17) is 9.47 Å². The fraction of sp³-hybridized carbons (Fsp3) is 0.346. The Morgan fingerprint density at radius 1 is 1.08 bits per heavy atom. The van der Waals surface area contributed by atoms with Crippen molar-refractivity contribution in [1.29, 1.82) is 0 Å². The lowest BCUT2D eigenvalue weighted by Crippen LogP contribution is -2.54. The predicted octanol–water partition coefficient (Wildman–Crippen LogP) is 2.45. The SMILES string of the molecule is CCOc1ccccc1C1NC(=O)N(CC(=O)N2CCN(c3ccc(F)cc3)CC2)C2=C1C(=O)OC2. The molecule has 0 spiro atoms. The number of urea groups is 1. The van der Waals surface area contributed by atoms with Gasteiger partial charge in [0, 0.05) is 37.4 Å². The number of para-hydroxylation sites is 1. The molecular formula is C26H27FN4O5. The molecule has 3 amide bonds. The number of carbonyl (C=O) groups is 3. The Morgan fingerprint density at radius 2 is 1.81 bits per heavy atom. The number of hydrogen-bond donors (Lipinski definition) is 1. The van der Waals surface area contributed by atoms with Gasteiger partial charge in [-0.15, -0.1) is 0 Å². The summed E-state index contributed by atoms with van der Waals surface area (Å²) in [5.74, 6) is -0.464. The van der Waals surface area contributed by atoms with Gasteiger partial charge in [0.1, 0.15) is 24.7 Å². The van der Waals surface area contributed by atoms with Crippen LogP contribution in [0.2, 0.25) is 0 Å². The molecular weight excluding hydrogens is 467 g/mol. The van der Waals surface area contributed by atoms with Crippen molar-refractivity contribution in [2.45, 2.75) is 13.0 Å². The van der Waals surface area contributed by atoms with Crippen LogP contribution in [0.25, 0.3) is 0 Å². The number of amides is 3. The second-order valence-corrected chi connectivity index (χ2v) is 8.72. The average Bonchev–Trinajstić information content (AvgIpc) is 3.28. The number of esters is 1. The number of ether oxygens (including phenoxy) is 2. The van der Waals surface area contributed by atoms with E-state index in [0.29, 0.717) is 55.4 Å².